The number of halogens is 1. The lowest BCUT2D eigenvalue weighted by molar-refractivity contribution is 0.288. The molecule has 1 saturated carbocycles. The van der Waals surface area contributed by atoms with Gasteiger partial charge in [-0.25, -0.2) is 9.98 Å². The first kappa shape index (κ1) is 23.1. The average Bonchev–Trinajstić information content (AvgIpc) is 3.42. The summed E-state index contributed by atoms with van der Waals surface area (Å²) in [5.41, 5.74) is 1.12. The molecule has 3 heterocycles. The summed E-state index contributed by atoms with van der Waals surface area (Å²) < 4.78 is 5.79. The number of aliphatic imine (C=N–C) groups is 1. The van der Waals surface area contributed by atoms with Gasteiger partial charge in [-0.15, -0.1) is 35.3 Å². The zero-order chi connectivity index (χ0) is 19.9. The van der Waals surface area contributed by atoms with Crippen LogP contribution in [0.3, 0.4) is 0 Å². The first-order valence-corrected chi connectivity index (χ1v) is 11.6. The van der Waals surface area contributed by atoms with Crippen molar-refractivity contribution >= 4 is 46.3 Å². The lowest BCUT2D eigenvalue weighted by Gasteiger charge is -2.33. The Kier molecular flexibility index (Phi) is 9.05. The van der Waals surface area contributed by atoms with Crippen LogP contribution in [0.1, 0.15) is 38.2 Å². The number of ether oxygens (including phenoxy) is 1. The number of hydrogen-bond donors (Lipinski definition) is 2. The number of aromatic nitrogens is 1. The van der Waals surface area contributed by atoms with Crippen molar-refractivity contribution in [1.29, 1.82) is 0 Å². The van der Waals surface area contributed by atoms with Crippen LogP contribution in [0.5, 0.6) is 5.88 Å². The summed E-state index contributed by atoms with van der Waals surface area (Å²) >= 11 is 1.82. The van der Waals surface area contributed by atoms with E-state index < -0.39 is 0 Å². The number of nitrogens with zero attached hydrogens (tertiary/aromatic N) is 3. The van der Waals surface area contributed by atoms with Crippen molar-refractivity contribution in [3.63, 3.8) is 0 Å². The maximum absolute atomic E-state index is 5.79. The van der Waals surface area contributed by atoms with Gasteiger partial charge in [0, 0.05) is 37.9 Å². The molecule has 0 unspecified atom stereocenters. The Hall–Kier alpha value is -1.55. The average molecular weight is 542 g/mol. The molecule has 2 aliphatic rings. The third kappa shape index (κ3) is 7.01. The maximum atomic E-state index is 5.79. The van der Waals surface area contributed by atoms with Crippen molar-refractivity contribution in [2.75, 3.05) is 31.1 Å². The fraction of sp³-hybridized carbons (Fsp3) is 0.545. The summed E-state index contributed by atoms with van der Waals surface area (Å²) in [4.78, 5) is 11.6. The molecule has 1 aliphatic heterocycles. The predicted molar refractivity (Wildman–Crippen MR) is 135 cm³/mol. The highest BCUT2D eigenvalue weighted by atomic mass is 127. The number of piperidine rings is 1. The molecular formula is C22H32IN5OS. The van der Waals surface area contributed by atoms with Crippen LogP contribution in [-0.2, 0) is 6.54 Å². The summed E-state index contributed by atoms with van der Waals surface area (Å²) in [7, 11) is 0. The molecule has 0 bridgehead atoms. The molecule has 2 fully saturated rings. The molecule has 0 aromatic carbocycles. The van der Waals surface area contributed by atoms with Crippen molar-refractivity contribution in [1.82, 2.24) is 15.6 Å². The van der Waals surface area contributed by atoms with E-state index in [9.17, 15) is 0 Å². The highest BCUT2D eigenvalue weighted by Gasteiger charge is 2.22. The van der Waals surface area contributed by atoms with Crippen LogP contribution in [0.15, 0.2) is 40.8 Å². The van der Waals surface area contributed by atoms with Crippen molar-refractivity contribution in [2.24, 2.45) is 10.9 Å². The molecule has 164 valence electrons. The summed E-state index contributed by atoms with van der Waals surface area (Å²) in [6, 6.07) is 8.81. The Bertz CT molecular complexity index is 789. The van der Waals surface area contributed by atoms with Gasteiger partial charge < -0.3 is 20.3 Å². The van der Waals surface area contributed by atoms with E-state index in [2.05, 4.69) is 45.0 Å². The van der Waals surface area contributed by atoms with Gasteiger partial charge in [-0.3, -0.25) is 0 Å². The quantitative estimate of drug-likeness (QED) is 0.297. The van der Waals surface area contributed by atoms with E-state index in [0.717, 1.165) is 56.5 Å². The molecule has 2 aromatic rings. The van der Waals surface area contributed by atoms with Gasteiger partial charge in [-0.1, -0.05) is 0 Å². The SMILES string of the molecule is CCNC(=NCc1ccnc(OCC2CC2)c1)NC1CCN(c2cccs2)CC1.I. The van der Waals surface area contributed by atoms with E-state index in [-0.39, 0.29) is 24.0 Å². The molecule has 4 rings (SSSR count). The molecule has 2 aromatic heterocycles. The van der Waals surface area contributed by atoms with Gasteiger partial charge in [0.2, 0.25) is 5.88 Å². The largest absolute Gasteiger partial charge is 0.477 e. The number of thiophene rings is 1. The van der Waals surface area contributed by atoms with Crippen molar-refractivity contribution in [3.05, 3.63) is 41.4 Å². The van der Waals surface area contributed by atoms with Crippen molar-refractivity contribution in [3.8, 4) is 5.88 Å². The second kappa shape index (κ2) is 11.7. The summed E-state index contributed by atoms with van der Waals surface area (Å²) in [5.74, 6) is 2.33. The molecule has 0 spiro atoms. The van der Waals surface area contributed by atoms with Gasteiger partial charge >= 0.3 is 0 Å². The normalized spacial score (nSPS) is 17.4. The van der Waals surface area contributed by atoms with Crippen LogP contribution >= 0.6 is 35.3 Å². The Morgan fingerprint density at radius 2 is 2.10 bits per heavy atom. The van der Waals surface area contributed by atoms with Crippen molar-refractivity contribution < 1.29 is 4.74 Å². The smallest absolute Gasteiger partial charge is 0.213 e. The van der Waals surface area contributed by atoms with E-state index in [0.29, 0.717) is 18.5 Å². The number of rotatable bonds is 8. The minimum atomic E-state index is 0. The van der Waals surface area contributed by atoms with Gasteiger partial charge in [0.15, 0.2) is 5.96 Å². The Balaban J connectivity index is 0.00000256. The van der Waals surface area contributed by atoms with Crippen molar-refractivity contribution in [2.45, 2.75) is 45.2 Å². The molecule has 2 N–H and O–H groups in total. The fourth-order valence-corrected chi connectivity index (χ4v) is 4.28. The second-order valence-electron chi connectivity index (χ2n) is 7.81. The van der Waals surface area contributed by atoms with Crippen LogP contribution in [-0.4, -0.2) is 43.2 Å². The minimum Gasteiger partial charge on any atom is -0.477 e. The topological polar surface area (TPSA) is 61.8 Å². The first-order valence-electron chi connectivity index (χ1n) is 10.7. The summed E-state index contributed by atoms with van der Waals surface area (Å²) in [5, 5.41) is 10.5. The van der Waals surface area contributed by atoms with E-state index >= 15 is 0 Å². The number of anilines is 1. The summed E-state index contributed by atoms with van der Waals surface area (Å²) in [6.07, 6.45) is 6.63. The van der Waals surface area contributed by atoms with Crippen LogP contribution in [0.4, 0.5) is 5.00 Å². The van der Waals surface area contributed by atoms with Gasteiger partial charge in [-0.2, -0.15) is 0 Å². The maximum Gasteiger partial charge on any atom is 0.213 e. The molecule has 8 heteroatoms. The highest BCUT2D eigenvalue weighted by molar-refractivity contribution is 14.0. The number of guanidine groups is 1. The molecule has 0 amide bonds. The number of nitrogens with one attached hydrogen (secondary N) is 2. The summed E-state index contributed by atoms with van der Waals surface area (Å²) in [6.45, 7) is 6.53. The molecule has 0 radical (unpaired) electrons. The third-order valence-corrected chi connectivity index (χ3v) is 6.31. The molecule has 1 aliphatic carbocycles. The van der Waals surface area contributed by atoms with Crippen LogP contribution in [0.2, 0.25) is 0 Å². The molecular weight excluding hydrogens is 509 g/mol. The fourth-order valence-electron chi connectivity index (χ4n) is 3.49. The van der Waals surface area contributed by atoms with E-state index in [1.165, 1.54) is 17.8 Å². The first-order chi connectivity index (χ1) is 14.3. The molecule has 30 heavy (non-hydrogen) atoms. The molecule has 6 nitrogen and oxygen atoms in total. The van der Waals surface area contributed by atoms with Crippen LogP contribution < -0.4 is 20.3 Å². The molecule has 1 saturated heterocycles. The van der Waals surface area contributed by atoms with Gasteiger partial charge in [-0.05, 0) is 67.7 Å². The zero-order valence-electron chi connectivity index (χ0n) is 17.5. The number of pyridine rings is 1. The molecule has 0 atom stereocenters. The van der Waals surface area contributed by atoms with Crippen LogP contribution in [0.25, 0.3) is 0 Å². The zero-order valence-corrected chi connectivity index (χ0v) is 20.7. The third-order valence-electron chi connectivity index (χ3n) is 5.38. The monoisotopic (exact) mass is 541 g/mol. The Morgan fingerprint density at radius 3 is 2.80 bits per heavy atom. The Labute approximate surface area is 200 Å². The lowest BCUT2D eigenvalue weighted by atomic mass is 10.1. The van der Waals surface area contributed by atoms with Crippen LogP contribution in [0, 0.1) is 5.92 Å². The van der Waals surface area contributed by atoms with Gasteiger partial charge in [0.1, 0.15) is 0 Å². The highest BCUT2D eigenvalue weighted by Crippen LogP contribution is 2.29. The van der Waals surface area contributed by atoms with E-state index in [1.54, 1.807) is 0 Å². The second-order valence-corrected chi connectivity index (χ2v) is 8.73. The predicted octanol–water partition coefficient (Wildman–Crippen LogP) is 4.27. The Morgan fingerprint density at radius 1 is 1.27 bits per heavy atom. The van der Waals surface area contributed by atoms with Gasteiger partial charge in [0.05, 0.1) is 18.2 Å². The van der Waals surface area contributed by atoms with E-state index in [1.807, 2.05) is 29.7 Å². The lowest BCUT2D eigenvalue weighted by Crippen LogP contribution is -2.48. The van der Waals surface area contributed by atoms with E-state index in [4.69, 9.17) is 9.73 Å². The number of hydrogen-bond acceptors (Lipinski definition) is 5. The van der Waals surface area contributed by atoms with Gasteiger partial charge in [0.25, 0.3) is 0 Å². The standard InChI is InChI=1S/C22H31N5OS.HI/c1-2-23-22(26-19-8-11-27(12-9-19)21-4-3-13-29-21)25-15-18-7-10-24-20(14-18)28-16-17-5-6-17;/h3-4,7,10,13-14,17,19H,2,5-6,8-9,11-12,15-16H2,1H3,(H2,23,25,26);1H. The minimum absolute atomic E-state index is 0.